The van der Waals surface area contributed by atoms with Crippen LogP contribution in [-0.2, 0) is 0 Å². The van der Waals surface area contributed by atoms with Crippen LogP contribution in [0.5, 0.6) is 0 Å². The summed E-state index contributed by atoms with van der Waals surface area (Å²) in [6.45, 7) is 0. The summed E-state index contributed by atoms with van der Waals surface area (Å²) in [5.74, 6) is 0. The topological polar surface area (TPSA) is 0 Å². The van der Waals surface area contributed by atoms with E-state index < -0.39 is 53.2 Å². The fourth-order valence-electron chi connectivity index (χ4n) is 0.914. The smallest absolute Gasteiger partial charge is 0.171 e. The molecule has 0 nitrogen and oxygen atoms in total. The minimum atomic E-state index is -4.05. The molecule has 0 aromatic carbocycles. The van der Waals surface area contributed by atoms with Crippen LogP contribution in [0.3, 0.4) is 0 Å². The van der Waals surface area contributed by atoms with E-state index in [1.807, 2.05) is 0 Å². The highest BCUT2D eigenvalue weighted by Crippen LogP contribution is 2.22. The molecule has 0 N–H and O–H groups in total. The van der Waals surface area contributed by atoms with E-state index in [1.165, 1.54) is 0 Å². The molecule has 0 saturated heterocycles. The Bertz CT molecular complexity index is 210. The third kappa shape index (κ3) is 27.5. The van der Waals surface area contributed by atoms with Gasteiger partial charge in [0.15, 0.2) is 0 Å². The molecule has 0 saturated carbocycles. The molecule has 0 aromatic rings. The Morgan fingerprint density at radius 1 is 0.650 bits per heavy atom. The molecule has 0 atom stereocenters. The van der Waals surface area contributed by atoms with Gasteiger partial charge in [-0.3, -0.25) is 0 Å². The van der Waals surface area contributed by atoms with E-state index in [0.717, 1.165) is 0 Å². The molecule has 0 aromatic heterocycles. The first-order valence-corrected chi connectivity index (χ1v) is 10.9. The maximum absolute atomic E-state index is 11.4. The van der Waals surface area contributed by atoms with E-state index >= 15 is 0 Å². The quantitative estimate of drug-likeness (QED) is 0.334. The fraction of sp³-hybridized carbons (Fsp3) is 1.00. The molecule has 0 radical (unpaired) electrons. The summed E-state index contributed by atoms with van der Waals surface area (Å²) in [4.78, 5) is 0. The van der Waals surface area contributed by atoms with Gasteiger partial charge >= 0.3 is 12.4 Å². The van der Waals surface area contributed by atoms with E-state index in [-0.39, 0.29) is 12.1 Å². The van der Waals surface area contributed by atoms with E-state index in [9.17, 15) is 26.3 Å². The van der Waals surface area contributed by atoms with Crippen LogP contribution in [0.1, 0.15) is 12.8 Å². The zero-order chi connectivity index (χ0) is 16.4. The minimum absolute atomic E-state index is 0.140. The van der Waals surface area contributed by atoms with Crippen LogP contribution in [0, 0.1) is 0 Å². The zero-order valence-electron chi connectivity index (χ0n) is 10.2. The SMILES string of the molecule is FC(F)(F)CC[SiH2]C(Cl)Cl.FC(F)(F)CC[SiH2]C(Cl)Cl. The van der Waals surface area contributed by atoms with Gasteiger partial charge in [-0.2, -0.15) is 26.3 Å². The number of rotatable bonds is 6. The monoisotopic (exact) mass is 420 g/mol. The molecule has 12 heteroatoms. The first kappa shape index (κ1) is 23.4. The van der Waals surface area contributed by atoms with Crippen LogP contribution in [0.15, 0.2) is 0 Å². The van der Waals surface area contributed by atoms with Crippen LogP contribution < -0.4 is 0 Å². The van der Waals surface area contributed by atoms with Gasteiger partial charge in [0.2, 0.25) is 0 Å². The Hall–Kier alpha value is 1.17. The molecule has 0 bridgehead atoms. The lowest BCUT2D eigenvalue weighted by Gasteiger charge is -2.04. The molecule has 0 aliphatic heterocycles. The molecule has 0 heterocycles. The molecule has 20 heavy (non-hydrogen) atoms. The highest BCUT2D eigenvalue weighted by atomic mass is 35.5. The van der Waals surface area contributed by atoms with Crippen molar-refractivity contribution in [3.63, 3.8) is 0 Å². The van der Waals surface area contributed by atoms with Crippen molar-refractivity contribution in [2.75, 3.05) is 0 Å². The van der Waals surface area contributed by atoms with Crippen molar-refractivity contribution in [3.8, 4) is 0 Å². The first-order valence-electron chi connectivity index (χ1n) is 5.53. The molecule has 0 amide bonds. The molecule has 0 unspecified atom stereocenters. The summed E-state index contributed by atoms with van der Waals surface area (Å²) in [5.41, 5.74) is 0. The highest BCUT2D eigenvalue weighted by molar-refractivity contribution is 6.69. The predicted molar refractivity (Wildman–Crippen MR) is 79.0 cm³/mol. The van der Waals surface area contributed by atoms with Gasteiger partial charge in [0.1, 0.15) is 0 Å². The van der Waals surface area contributed by atoms with Crippen molar-refractivity contribution >= 4 is 65.4 Å². The molecule has 124 valence electrons. The molecule has 0 aliphatic rings. The average Bonchev–Trinajstić information content (AvgIpc) is 2.12. The van der Waals surface area contributed by atoms with Crippen molar-refractivity contribution in [2.24, 2.45) is 0 Å². The fourth-order valence-corrected chi connectivity index (χ4v) is 4.59. The van der Waals surface area contributed by atoms with Crippen molar-refractivity contribution < 1.29 is 26.3 Å². The zero-order valence-corrected chi connectivity index (χ0v) is 16.0. The number of alkyl halides is 10. The Morgan fingerprint density at radius 3 is 1.05 bits per heavy atom. The molecular weight excluding hydrogens is 408 g/mol. The van der Waals surface area contributed by atoms with Crippen molar-refractivity contribution in [2.45, 2.75) is 46.2 Å². The summed E-state index contributed by atoms with van der Waals surface area (Å²) in [5, 5.41) is 0. The van der Waals surface area contributed by atoms with E-state index in [0.29, 0.717) is 0 Å². The van der Waals surface area contributed by atoms with Gasteiger partial charge in [-0.1, -0.05) is 12.1 Å². The Balaban J connectivity index is 0. The largest absolute Gasteiger partial charge is 0.388 e. The van der Waals surface area contributed by atoms with E-state index in [1.54, 1.807) is 0 Å². The van der Waals surface area contributed by atoms with Crippen LogP contribution in [-0.4, -0.2) is 40.3 Å². The lowest BCUT2D eigenvalue weighted by molar-refractivity contribution is -0.131. The number of halogens is 10. The molecule has 0 fully saturated rings. The Morgan fingerprint density at radius 2 is 0.900 bits per heavy atom. The van der Waals surface area contributed by atoms with Crippen LogP contribution in [0.4, 0.5) is 26.3 Å². The lowest BCUT2D eigenvalue weighted by Crippen LogP contribution is -2.10. The van der Waals surface area contributed by atoms with Crippen molar-refractivity contribution in [3.05, 3.63) is 0 Å². The van der Waals surface area contributed by atoms with Gasteiger partial charge in [0.25, 0.3) is 0 Å². The summed E-state index contributed by atoms with van der Waals surface area (Å²) in [7, 11) is -1.85. The molecule has 0 spiro atoms. The molecule has 0 rings (SSSR count). The van der Waals surface area contributed by atoms with Gasteiger partial charge in [-0.15, -0.1) is 46.4 Å². The van der Waals surface area contributed by atoms with Gasteiger partial charge < -0.3 is 0 Å². The van der Waals surface area contributed by atoms with Crippen molar-refractivity contribution in [1.29, 1.82) is 0 Å². The van der Waals surface area contributed by atoms with Gasteiger partial charge in [-0.25, -0.2) is 0 Å². The molecule has 0 aliphatic carbocycles. The Labute approximate surface area is 138 Å². The predicted octanol–water partition coefficient (Wildman–Crippen LogP) is 4.57. The second kappa shape index (κ2) is 11.7. The highest BCUT2D eigenvalue weighted by Gasteiger charge is 2.26. The standard InChI is InChI=1S/2C4H7Cl2F3Si/c2*5-3(6)10-2-1-4(7,8)9/h2*3H,1-2,10H2. The maximum atomic E-state index is 11.4. The summed E-state index contributed by atoms with van der Waals surface area (Å²) >= 11 is 21.1. The van der Waals surface area contributed by atoms with E-state index in [2.05, 4.69) is 0 Å². The second-order valence-electron chi connectivity index (χ2n) is 3.80. The molecular formula is C8H14Cl4F6Si2. The van der Waals surface area contributed by atoms with Crippen molar-refractivity contribution in [1.82, 2.24) is 0 Å². The van der Waals surface area contributed by atoms with Gasteiger partial charge in [0.05, 0.1) is 28.0 Å². The summed E-state index contributed by atoms with van der Waals surface area (Å²) < 4.78 is 67.6. The third-order valence-electron chi connectivity index (χ3n) is 1.77. The Kier molecular flexibility index (Phi) is 13.7. The van der Waals surface area contributed by atoms with Crippen LogP contribution in [0.25, 0.3) is 0 Å². The van der Waals surface area contributed by atoms with E-state index in [4.69, 9.17) is 46.4 Å². The second-order valence-corrected chi connectivity index (χ2v) is 12.6. The van der Waals surface area contributed by atoms with Gasteiger partial charge in [0, 0.05) is 12.8 Å². The lowest BCUT2D eigenvalue weighted by atomic mass is 10.5. The van der Waals surface area contributed by atoms with Crippen LogP contribution in [0.2, 0.25) is 12.1 Å². The van der Waals surface area contributed by atoms with Gasteiger partial charge in [-0.05, 0) is 0 Å². The third-order valence-corrected chi connectivity index (χ3v) is 6.78. The maximum Gasteiger partial charge on any atom is 0.388 e. The number of hydrogen-bond donors (Lipinski definition) is 0. The number of hydrogen-bond acceptors (Lipinski definition) is 0. The summed E-state index contributed by atoms with van der Waals surface area (Å²) in [6, 6.07) is 0.280. The first-order chi connectivity index (χ1) is 8.83. The minimum Gasteiger partial charge on any atom is -0.171 e. The van der Waals surface area contributed by atoms with Crippen LogP contribution >= 0.6 is 46.4 Å². The summed E-state index contributed by atoms with van der Waals surface area (Å²) in [6.07, 6.45) is -9.57. The normalized spacial score (nSPS) is 13.8. The average molecular weight is 422 g/mol.